The van der Waals surface area contributed by atoms with Crippen LogP contribution in [0.4, 0.5) is 14.5 Å². The third-order valence-electron chi connectivity index (χ3n) is 2.06. The molecule has 0 unspecified atom stereocenters. The Morgan fingerprint density at radius 1 is 1.31 bits per heavy atom. The number of halogens is 2. The Bertz CT molecular complexity index is 466. The summed E-state index contributed by atoms with van der Waals surface area (Å²) < 4.78 is 48.5. The molecule has 0 heterocycles. The minimum atomic E-state index is -3.73. The molecule has 0 bridgehead atoms. The number of sulfone groups is 1. The smallest absolute Gasteiger partial charge is 0.246 e. The van der Waals surface area contributed by atoms with Crippen LogP contribution in [-0.2, 0) is 9.84 Å². The normalized spacial score (nSPS) is 12.7. The molecule has 90 valence electrons. The molecule has 0 saturated heterocycles. The van der Waals surface area contributed by atoms with E-state index in [-0.39, 0.29) is 10.6 Å². The van der Waals surface area contributed by atoms with E-state index >= 15 is 0 Å². The van der Waals surface area contributed by atoms with E-state index in [2.05, 4.69) is 0 Å². The SMILES string of the molecule is CC(F)(F)CCS(=O)(=O)c1ccccc1N. The van der Waals surface area contributed by atoms with E-state index in [1.54, 1.807) is 6.07 Å². The van der Waals surface area contributed by atoms with Crippen molar-refractivity contribution >= 4 is 15.5 Å². The van der Waals surface area contributed by atoms with Gasteiger partial charge in [0.15, 0.2) is 9.84 Å². The third-order valence-corrected chi connectivity index (χ3v) is 3.85. The zero-order valence-corrected chi connectivity index (χ0v) is 9.60. The molecule has 1 aromatic rings. The van der Waals surface area contributed by atoms with Crippen LogP contribution in [0.15, 0.2) is 29.2 Å². The summed E-state index contributed by atoms with van der Waals surface area (Å²) in [4.78, 5) is -0.0840. The van der Waals surface area contributed by atoms with Crippen molar-refractivity contribution in [1.82, 2.24) is 0 Å². The summed E-state index contributed by atoms with van der Waals surface area (Å²) >= 11 is 0. The molecule has 0 radical (unpaired) electrons. The van der Waals surface area contributed by atoms with Gasteiger partial charge in [-0.15, -0.1) is 0 Å². The van der Waals surface area contributed by atoms with Crippen LogP contribution in [0.2, 0.25) is 0 Å². The van der Waals surface area contributed by atoms with Gasteiger partial charge in [0.2, 0.25) is 5.92 Å². The Morgan fingerprint density at radius 2 is 1.88 bits per heavy atom. The van der Waals surface area contributed by atoms with Gasteiger partial charge in [0.25, 0.3) is 0 Å². The van der Waals surface area contributed by atoms with Gasteiger partial charge >= 0.3 is 0 Å². The summed E-state index contributed by atoms with van der Waals surface area (Å²) in [6, 6.07) is 5.84. The highest BCUT2D eigenvalue weighted by Crippen LogP contribution is 2.23. The second-order valence-corrected chi connectivity index (χ2v) is 5.75. The summed E-state index contributed by atoms with van der Waals surface area (Å²) in [5.74, 6) is -3.60. The standard InChI is InChI=1S/C10H13F2NO2S/c1-10(11,12)6-7-16(14,15)9-5-3-2-4-8(9)13/h2-5H,6-7,13H2,1H3. The second kappa shape index (κ2) is 4.37. The van der Waals surface area contributed by atoms with Crippen LogP contribution >= 0.6 is 0 Å². The first-order valence-electron chi connectivity index (χ1n) is 4.67. The molecule has 1 aromatic carbocycles. The maximum Gasteiger partial charge on any atom is 0.246 e. The van der Waals surface area contributed by atoms with E-state index in [1.165, 1.54) is 18.2 Å². The van der Waals surface area contributed by atoms with Crippen molar-refractivity contribution < 1.29 is 17.2 Å². The molecule has 6 heteroatoms. The van der Waals surface area contributed by atoms with E-state index in [9.17, 15) is 17.2 Å². The number of para-hydroxylation sites is 1. The van der Waals surface area contributed by atoms with Crippen LogP contribution in [-0.4, -0.2) is 20.1 Å². The fourth-order valence-electron chi connectivity index (χ4n) is 1.19. The average molecular weight is 249 g/mol. The molecule has 0 aliphatic carbocycles. The van der Waals surface area contributed by atoms with Crippen LogP contribution in [0, 0.1) is 0 Å². The highest BCUT2D eigenvalue weighted by atomic mass is 32.2. The van der Waals surface area contributed by atoms with Gasteiger partial charge in [0, 0.05) is 6.42 Å². The monoisotopic (exact) mass is 249 g/mol. The number of alkyl halides is 2. The number of nitrogen functional groups attached to an aromatic ring is 1. The molecule has 0 saturated carbocycles. The lowest BCUT2D eigenvalue weighted by atomic mass is 10.3. The molecule has 0 aliphatic rings. The van der Waals surface area contributed by atoms with Gasteiger partial charge in [-0.05, 0) is 19.1 Å². The van der Waals surface area contributed by atoms with E-state index in [4.69, 9.17) is 5.73 Å². The zero-order chi connectivity index (χ0) is 12.4. The van der Waals surface area contributed by atoms with Crippen molar-refractivity contribution in [3.63, 3.8) is 0 Å². The summed E-state index contributed by atoms with van der Waals surface area (Å²) in [5.41, 5.74) is 5.56. The quantitative estimate of drug-likeness (QED) is 0.831. The van der Waals surface area contributed by atoms with Gasteiger partial charge in [0.1, 0.15) is 0 Å². The number of anilines is 1. The first kappa shape index (κ1) is 12.9. The van der Waals surface area contributed by atoms with Crippen molar-refractivity contribution in [3.05, 3.63) is 24.3 Å². The lowest BCUT2D eigenvalue weighted by molar-refractivity contribution is 0.0189. The second-order valence-electron chi connectivity index (χ2n) is 3.68. The number of nitrogens with two attached hydrogens (primary N) is 1. The van der Waals surface area contributed by atoms with E-state index < -0.39 is 27.9 Å². The lowest BCUT2D eigenvalue weighted by Crippen LogP contribution is -2.18. The summed E-state index contributed by atoms with van der Waals surface area (Å²) in [5, 5.41) is 0. The number of benzene rings is 1. The summed E-state index contributed by atoms with van der Waals surface area (Å²) in [6.07, 6.45) is -0.705. The Kier molecular flexibility index (Phi) is 3.52. The molecule has 0 spiro atoms. The van der Waals surface area contributed by atoms with Crippen LogP contribution in [0.5, 0.6) is 0 Å². The highest BCUT2D eigenvalue weighted by molar-refractivity contribution is 7.91. The van der Waals surface area contributed by atoms with Gasteiger partial charge in [0.05, 0.1) is 16.3 Å². The van der Waals surface area contributed by atoms with E-state index in [0.717, 1.165) is 0 Å². The molecule has 0 aliphatic heterocycles. The van der Waals surface area contributed by atoms with Crippen LogP contribution in [0.3, 0.4) is 0 Å². The fourth-order valence-corrected chi connectivity index (χ4v) is 2.75. The summed E-state index contributed by atoms with van der Waals surface area (Å²) in [7, 11) is -3.73. The molecule has 3 nitrogen and oxygen atoms in total. The summed E-state index contributed by atoms with van der Waals surface area (Å²) in [6.45, 7) is 0.691. The highest BCUT2D eigenvalue weighted by Gasteiger charge is 2.26. The Morgan fingerprint density at radius 3 is 2.38 bits per heavy atom. The van der Waals surface area contributed by atoms with Gasteiger partial charge in [-0.25, -0.2) is 17.2 Å². The van der Waals surface area contributed by atoms with Gasteiger partial charge in [-0.3, -0.25) is 0 Å². The minimum Gasteiger partial charge on any atom is -0.398 e. The molecule has 0 atom stereocenters. The van der Waals surface area contributed by atoms with Crippen molar-refractivity contribution in [2.45, 2.75) is 24.2 Å². The Balaban J connectivity index is 2.92. The Hall–Kier alpha value is -1.17. The number of hydrogen-bond acceptors (Lipinski definition) is 3. The molecule has 0 amide bonds. The molecule has 0 aromatic heterocycles. The van der Waals surface area contributed by atoms with E-state index in [0.29, 0.717) is 6.92 Å². The largest absolute Gasteiger partial charge is 0.398 e. The lowest BCUT2D eigenvalue weighted by Gasteiger charge is -2.11. The number of hydrogen-bond donors (Lipinski definition) is 1. The molecular formula is C10H13F2NO2S. The topological polar surface area (TPSA) is 60.2 Å². The predicted octanol–water partition coefficient (Wildman–Crippen LogP) is 2.09. The van der Waals surface area contributed by atoms with Crippen LogP contribution in [0.25, 0.3) is 0 Å². The first-order chi connectivity index (χ1) is 7.22. The van der Waals surface area contributed by atoms with Crippen LogP contribution < -0.4 is 5.73 Å². The average Bonchev–Trinajstić information content (AvgIpc) is 2.14. The fraction of sp³-hybridized carbons (Fsp3) is 0.400. The van der Waals surface area contributed by atoms with Crippen molar-refractivity contribution in [3.8, 4) is 0 Å². The van der Waals surface area contributed by atoms with Gasteiger partial charge < -0.3 is 5.73 Å². The maximum atomic E-state index is 12.6. The van der Waals surface area contributed by atoms with Crippen LogP contribution in [0.1, 0.15) is 13.3 Å². The molecule has 1 rings (SSSR count). The Labute approximate surface area is 93.2 Å². The minimum absolute atomic E-state index is 0.0840. The van der Waals surface area contributed by atoms with E-state index in [1.807, 2.05) is 0 Å². The maximum absolute atomic E-state index is 12.6. The third kappa shape index (κ3) is 3.44. The predicted molar refractivity (Wildman–Crippen MR) is 58.1 cm³/mol. The van der Waals surface area contributed by atoms with Gasteiger partial charge in [-0.2, -0.15) is 0 Å². The molecular weight excluding hydrogens is 236 g/mol. The molecule has 2 N–H and O–H groups in total. The number of rotatable bonds is 4. The van der Waals surface area contributed by atoms with Crippen molar-refractivity contribution in [2.75, 3.05) is 11.5 Å². The first-order valence-corrected chi connectivity index (χ1v) is 6.33. The van der Waals surface area contributed by atoms with Crippen molar-refractivity contribution in [1.29, 1.82) is 0 Å². The zero-order valence-electron chi connectivity index (χ0n) is 8.78. The van der Waals surface area contributed by atoms with Gasteiger partial charge in [-0.1, -0.05) is 12.1 Å². The molecule has 16 heavy (non-hydrogen) atoms. The van der Waals surface area contributed by atoms with Crippen molar-refractivity contribution in [2.24, 2.45) is 0 Å². The molecule has 0 fully saturated rings.